The van der Waals surface area contributed by atoms with Crippen molar-refractivity contribution < 1.29 is 9.53 Å². The van der Waals surface area contributed by atoms with E-state index in [1.165, 1.54) is 26.2 Å². The molecule has 0 aliphatic heterocycles. The van der Waals surface area contributed by atoms with E-state index in [1.54, 1.807) is 0 Å². The molecule has 106 valence electrons. The van der Waals surface area contributed by atoms with Gasteiger partial charge in [-0.25, -0.2) is 0 Å². The number of hydrogen-bond donors (Lipinski definition) is 0. The van der Waals surface area contributed by atoms with Crippen molar-refractivity contribution in [3.8, 4) is 0 Å². The van der Waals surface area contributed by atoms with Crippen LogP contribution in [0.5, 0.6) is 0 Å². The predicted octanol–water partition coefficient (Wildman–Crippen LogP) is 4.43. The first-order valence-corrected chi connectivity index (χ1v) is 7.62. The predicted molar refractivity (Wildman–Crippen MR) is 75.3 cm³/mol. The summed E-state index contributed by atoms with van der Waals surface area (Å²) in [5.41, 5.74) is 0. The zero-order valence-corrected chi connectivity index (χ0v) is 12.7. The van der Waals surface area contributed by atoms with Crippen LogP contribution >= 0.6 is 0 Å². The molecule has 1 aliphatic rings. The highest BCUT2D eigenvalue weighted by molar-refractivity contribution is 5.66. The van der Waals surface area contributed by atoms with Crippen molar-refractivity contribution in [1.82, 2.24) is 0 Å². The molecular formula is C16H30O2. The third kappa shape index (κ3) is 4.29. The third-order valence-corrected chi connectivity index (χ3v) is 4.61. The van der Waals surface area contributed by atoms with E-state index in [4.69, 9.17) is 4.74 Å². The smallest absolute Gasteiger partial charge is 0.302 e. The minimum atomic E-state index is -0.118. The van der Waals surface area contributed by atoms with E-state index in [0.29, 0.717) is 11.8 Å². The lowest BCUT2D eigenvalue weighted by Crippen LogP contribution is -2.36. The van der Waals surface area contributed by atoms with Crippen molar-refractivity contribution in [2.24, 2.45) is 23.7 Å². The van der Waals surface area contributed by atoms with Gasteiger partial charge in [0.1, 0.15) is 6.10 Å². The lowest BCUT2D eigenvalue weighted by molar-refractivity contribution is -0.152. The molecule has 0 aromatic heterocycles. The second kappa shape index (κ2) is 7.16. The van der Waals surface area contributed by atoms with Crippen molar-refractivity contribution in [3.05, 3.63) is 0 Å². The summed E-state index contributed by atoms with van der Waals surface area (Å²) in [4.78, 5) is 11.3. The Morgan fingerprint density at radius 2 is 2.00 bits per heavy atom. The molecule has 2 heteroatoms. The maximum Gasteiger partial charge on any atom is 0.302 e. The molecule has 0 bridgehead atoms. The summed E-state index contributed by atoms with van der Waals surface area (Å²) >= 11 is 0. The summed E-state index contributed by atoms with van der Waals surface area (Å²) in [5, 5.41) is 0. The van der Waals surface area contributed by atoms with Crippen LogP contribution in [0.1, 0.15) is 66.7 Å². The van der Waals surface area contributed by atoms with E-state index < -0.39 is 0 Å². The van der Waals surface area contributed by atoms with E-state index in [1.807, 2.05) is 0 Å². The van der Waals surface area contributed by atoms with Crippen LogP contribution in [-0.2, 0) is 9.53 Å². The summed E-state index contributed by atoms with van der Waals surface area (Å²) in [6.45, 7) is 10.7. The first kappa shape index (κ1) is 15.5. The van der Waals surface area contributed by atoms with Crippen molar-refractivity contribution in [2.45, 2.75) is 72.8 Å². The molecule has 1 fully saturated rings. The van der Waals surface area contributed by atoms with Gasteiger partial charge in [-0.05, 0) is 42.9 Å². The maximum atomic E-state index is 11.3. The number of esters is 1. The Balaban J connectivity index is 2.70. The normalized spacial score (nSPS) is 30.2. The zero-order chi connectivity index (χ0) is 13.7. The second-order valence-electron chi connectivity index (χ2n) is 6.39. The molecule has 1 rings (SSSR count). The largest absolute Gasteiger partial charge is 0.462 e. The number of carbonyl (C=O) groups is 1. The quantitative estimate of drug-likeness (QED) is 0.679. The Kier molecular flexibility index (Phi) is 6.17. The summed E-state index contributed by atoms with van der Waals surface area (Å²) in [6, 6.07) is 0. The fourth-order valence-corrected chi connectivity index (χ4v) is 3.37. The van der Waals surface area contributed by atoms with Crippen molar-refractivity contribution in [2.75, 3.05) is 0 Å². The number of hydrogen-bond acceptors (Lipinski definition) is 2. The SMILES string of the molecule is CCC[C@@H](OC(C)=O)[C@H]1C[C@H](C(C)C)CC[C@@H]1C. The molecule has 0 radical (unpaired) electrons. The van der Waals surface area contributed by atoms with Crippen LogP contribution < -0.4 is 0 Å². The summed E-state index contributed by atoms with van der Waals surface area (Å²) in [6.07, 6.45) is 6.11. The third-order valence-electron chi connectivity index (χ3n) is 4.61. The molecule has 0 spiro atoms. The Labute approximate surface area is 112 Å². The Bertz CT molecular complexity index is 260. The molecule has 1 saturated carbocycles. The lowest BCUT2D eigenvalue weighted by atomic mass is 9.68. The van der Waals surface area contributed by atoms with Crippen LogP contribution in [0, 0.1) is 23.7 Å². The fraction of sp³-hybridized carbons (Fsp3) is 0.938. The molecule has 0 aromatic rings. The number of ether oxygens (including phenoxy) is 1. The second-order valence-corrected chi connectivity index (χ2v) is 6.39. The summed E-state index contributed by atoms with van der Waals surface area (Å²) in [7, 11) is 0. The van der Waals surface area contributed by atoms with Crippen LogP contribution in [0.15, 0.2) is 0 Å². The average molecular weight is 254 g/mol. The molecule has 4 atom stereocenters. The molecule has 0 heterocycles. The highest BCUT2D eigenvalue weighted by atomic mass is 16.5. The molecule has 0 unspecified atom stereocenters. The molecular weight excluding hydrogens is 224 g/mol. The minimum absolute atomic E-state index is 0.118. The fourth-order valence-electron chi connectivity index (χ4n) is 3.37. The zero-order valence-electron chi connectivity index (χ0n) is 12.7. The van der Waals surface area contributed by atoms with Crippen LogP contribution in [0.3, 0.4) is 0 Å². The first-order chi connectivity index (χ1) is 8.45. The Morgan fingerprint density at radius 1 is 1.33 bits per heavy atom. The molecule has 2 nitrogen and oxygen atoms in total. The summed E-state index contributed by atoms with van der Waals surface area (Å²) < 4.78 is 5.59. The van der Waals surface area contributed by atoms with Gasteiger partial charge in [0.15, 0.2) is 0 Å². The standard InChI is InChI=1S/C16H30O2/c1-6-7-16(18-13(5)17)15-10-14(11(2)3)9-8-12(15)4/h11-12,14-16H,6-10H2,1-5H3/t12-,14+,15-,16+/m0/s1. The van der Waals surface area contributed by atoms with Gasteiger partial charge in [-0.1, -0.05) is 40.5 Å². The van der Waals surface area contributed by atoms with Gasteiger partial charge in [-0.15, -0.1) is 0 Å². The Morgan fingerprint density at radius 3 is 2.50 bits per heavy atom. The van der Waals surface area contributed by atoms with Gasteiger partial charge in [-0.2, -0.15) is 0 Å². The first-order valence-electron chi connectivity index (χ1n) is 7.62. The van der Waals surface area contributed by atoms with E-state index in [-0.39, 0.29) is 12.1 Å². The lowest BCUT2D eigenvalue weighted by Gasteiger charge is -2.40. The van der Waals surface area contributed by atoms with Gasteiger partial charge in [0.25, 0.3) is 0 Å². The average Bonchev–Trinajstić information content (AvgIpc) is 2.28. The highest BCUT2D eigenvalue weighted by Crippen LogP contribution is 2.40. The van der Waals surface area contributed by atoms with Crippen molar-refractivity contribution in [3.63, 3.8) is 0 Å². The monoisotopic (exact) mass is 254 g/mol. The van der Waals surface area contributed by atoms with Gasteiger partial charge in [-0.3, -0.25) is 4.79 Å². The molecule has 0 amide bonds. The van der Waals surface area contributed by atoms with E-state index in [9.17, 15) is 4.79 Å². The van der Waals surface area contributed by atoms with Crippen LogP contribution in [-0.4, -0.2) is 12.1 Å². The van der Waals surface area contributed by atoms with Gasteiger partial charge >= 0.3 is 5.97 Å². The van der Waals surface area contributed by atoms with Gasteiger partial charge in [0.2, 0.25) is 0 Å². The van der Waals surface area contributed by atoms with E-state index >= 15 is 0 Å². The topological polar surface area (TPSA) is 26.3 Å². The molecule has 1 aliphatic carbocycles. The van der Waals surface area contributed by atoms with Crippen LogP contribution in [0.2, 0.25) is 0 Å². The van der Waals surface area contributed by atoms with E-state index in [0.717, 1.165) is 24.7 Å². The van der Waals surface area contributed by atoms with Crippen LogP contribution in [0.4, 0.5) is 0 Å². The minimum Gasteiger partial charge on any atom is -0.462 e. The maximum absolute atomic E-state index is 11.3. The molecule has 0 N–H and O–H groups in total. The van der Waals surface area contributed by atoms with Crippen LogP contribution in [0.25, 0.3) is 0 Å². The van der Waals surface area contributed by atoms with Gasteiger partial charge in [0, 0.05) is 6.92 Å². The Hall–Kier alpha value is -0.530. The molecule has 0 aromatic carbocycles. The number of carbonyl (C=O) groups excluding carboxylic acids is 1. The summed E-state index contributed by atoms with van der Waals surface area (Å²) in [5.74, 6) is 2.69. The number of rotatable bonds is 5. The van der Waals surface area contributed by atoms with E-state index in [2.05, 4.69) is 27.7 Å². The molecule has 0 saturated heterocycles. The van der Waals surface area contributed by atoms with Crippen molar-refractivity contribution >= 4 is 5.97 Å². The van der Waals surface area contributed by atoms with Gasteiger partial charge < -0.3 is 4.74 Å². The highest BCUT2D eigenvalue weighted by Gasteiger charge is 2.35. The van der Waals surface area contributed by atoms with Gasteiger partial charge in [0.05, 0.1) is 0 Å². The van der Waals surface area contributed by atoms with Crippen molar-refractivity contribution in [1.29, 1.82) is 0 Å². The molecule has 18 heavy (non-hydrogen) atoms.